The summed E-state index contributed by atoms with van der Waals surface area (Å²) < 4.78 is 23.8. The molecule has 5 heteroatoms. The van der Waals surface area contributed by atoms with Gasteiger partial charge in [-0.3, -0.25) is 0 Å². The van der Waals surface area contributed by atoms with E-state index in [1.807, 2.05) is 0 Å². The molecule has 0 aliphatic carbocycles. The lowest BCUT2D eigenvalue weighted by Gasteiger charge is -2.35. The number of unbranched alkanes of at least 4 members (excludes halogenated alkanes) is 1. The summed E-state index contributed by atoms with van der Waals surface area (Å²) in [5.74, 6) is 0. The summed E-state index contributed by atoms with van der Waals surface area (Å²) in [5.41, 5.74) is 0. The molecule has 0 aromatic heterocycles. The molecule has 2 aliphatic heterocycles. The lowest BCUT2D eigenvalue weighted by molar-refractivity contribution is -0.169. The Bertz CT molecular complexity index is 928. The molecule has 2 saturated heterocycles. The first-order valence-electron chi connectivity index (χ1n) is 13.3. The fraction of sp³-hybridized carbons (Fsp3) is 0.419. The summed E-state index contributed by atoms with van der Waals surface area (Å²) in [6.45, 7) is 3.37. The highest BCUT2D eigenvalue weighted by molar-refractivity contribution is 7.95. The molecule has 2 aliphatic rings. The van der Waals surface area contributed by atoms with E-state index in [9.17, 15) is 0 Å². The second kappa shape index (κ2) is 12.9. The zero-order valence-corrected chi connectivity index (χ0v) is 21.9. The molecule has 3 aromatic carbocycles. The van der Waals surface area contributed by atoms with E-state index >= 15 is 0 Å². The van der Waals surface area contributed by atoms with Crippen LogP contribution in [0.15, 0.2) is 91.0 Å². The third kappa shape index (κ3) is 6.07. The van der Waals surface area contributed by atoms with Crippen molar-refractivity contribution in [3.63, 3.8) is 0 Å². The van der Waals surface area contributed by atoms with Gasteiger partial charge in [0.1, 0.15) is 23.2 Å². The number of hydrogen-bond donors (Lipinski definition) is 0. The predicted octanol–water partition coefficient (Wildman–Crippen LogP) is 4.74. The molecule has 2 heterocycles. The molecule has 0 spiro atoms. The summed E-state index contributed by atoms with van der Waals surface area (Å²) >= 11 is 0. The van der Waals surface area contributed by atoms with Gasteiger partial charge in [-0.1, -0.05) is 54.6 Å². The molecule has 2 fully saturated rings. The van der Waals surface area contributed by atoms with Crippen LogP contribution in [0.5, 0.6) is 0 Å². The van der Waals surface area contributed by atoms with Crippen molar-refractivity contribution < 1.29 is 18.9 Å². The van der Waals surface area contributed by atoms with Gasteiger partial charge in [-0.15, -0.1) is 0 Å². The third-order valence-corrected chi connectivity index (χ3v) is 11.9. The third-order valence-electron chi connectivity index (χ3n) is 7.37. The molecule has 5 rings (SSSR count). The molecule has 190 valence electrons. The van der Waals surface area contributed by atoms with Crippen LogP contribution in [0, 0.1) is 0 Å². The van der Waals surface area contributed by atoms with E-state index < -0.39 is 7.26 Å². The SMILES string of the molecule is c1ccc([P+](CCCCC2OCCOC2CC2COCCO2)(c2ccccc2)c2ccccc2)cc1. The van der Waals surface area contributed by atoms with E-state index in [-0.39, 0.29) is 18.3 Å². The van der Waals surface area contributed by atoms with E-state index in [2.05, 4.69) is 91.0 Å². The van der Waals surface area contributed by atoms with Gasteiger partial charge in [0.25, 0.3) is 0 Å². The van der Waals surface area contributed by atoms with Crippen LogP contribution in [-0.2, 0) is 18.9 Å². The van der Waals surface area contributed by atoms with Crippen molar-refractivity contribution >= 4 is 23.2 Å². The molecule has 4 nitrogen and oxygen atoms in total. The highest BCUT2D eigenvalue weighted by atomic mass is 31.2. The molecule has 3 aromatic rings. The summed E-state index contributed by atoms with van der Waals surface area (Å²) in [5, 5.41) is 4.35. The standard InChI is InChI=1S/C31H38O4P/c1-4-12-27(13-5-1)36(28-14-6-2-7-15-28,29-16-8-3-9-17-29)23-11-10-18-30-31(35-22-21-34-30)24-26-25-32-19-20-33-26/h1-9,12-17,26,30-31H,10-11,18-25H2/q+1. The number of rotatable bonds is 10. The summed E-state index contributed by atoms with van der Waals surface area (Å²) in [7, 11) is -1.78. The van der Waals surface area contributed by atoms with Crippen molar-refractivity contribution in [2.45, 2.75) is 44.0 Å². The van der Waals surface area contributed by atoms with Gasteiger partial charge in [-0.25, -0.2) is 0 Å². The molecule has 0 radical (unpaired) electrons. The molecule has 0 amide bonds. The molecule has 0 bridgehead atoms. The van der Waals surface area contributed by atoms with Gasteiger partial charge in [-0.05, 0) is 55.7 Å². The van der Waals surface area contributed by atoms with Crippen LogP contribution in [-0.4, -0.2) is 57.5 Å². The Hall–Kier alpha value is -2.07. The molecule has 0 saturated carbocycles. The Labute approximate surface area is 216 Å². The largest absolute Gasteiger partial charge is 0.376 e. The van der Waals surface area contributed by atoms with Crippen molar-refractivity contribution in [1.29, 1.82) is 0 Å². The number of benzene rings is 3. The lowest BCUT2D eigenvalue weighted by atomic mass is 10.0. The topological polar surface area (TPSA) is 36.9 Å². The van der Waals surface area contributed by atoms with Gasteiger partial charge < -0.3 is 18.9 Å². The molecule has 3 unspecified atom stereocenters. The van der Waals surface area contributed by atoms with Gasteiger partial charge in [0.05, 0.1) is 57.5 Å². The van der Waals surface area contributed by atoms with Crippen LogP contribution < -0.4 is 15.9 Å². The van der Waals surface area contributed by atoms with Crippen LogP contribution in [0.3, 0.4) is 0 Å². The van der Waals surface area contributed by atoms with Crippen molar-refractivity contribution in [3.8, 4) is 0 Å². The van der Waals surface area contributed by atoms with Crippen LogP contribution >= 0.6 is 7.26 Å². The van der Waals surface area contributed by atoms with Crippen LogP contribution in [0.4, 0.5) is 0 Å². The Balaban J connectivity index is 1.32. The molecular formula is C31H38O4P+. The highest BCUT2D eigenvalue weighted by Gasteiger charge is 2.44. The molecule has 3 atom stereocenters. The fourth-order valence-electron chi connectivity index (χ4n) is 5.61. The Morgan fingerprint density at radius 1 is 0.583 bits per heavy atom. The second-order valence-corrected chi connectivity index (χ2v) is 13.3. The van der Waals surface area contributed by atoms with Gasteiger partial charge in [0, 0.05) is 6.42 Å². The van der Waals surface area contributed by atoms with Gasteiger partial charge >= 0.3 is 0 Å². The van der Waals surface area contributed by atoms with E-state index in [1.54, 1.807) is 0 Å². The van der Waals surface area contributed by atoms with Crippen LogP contribution in [0.1, 0.15) is 25.7 Å². The minimum absolute atomic E-state index is 0.0855. The molecule has 0 N–H and O–H groups in total. The summed E-state index contributed by atoms with van der Waals surface area (Å²) in [6, 6.07) is 33.4. The zero-order valence-electron chi connectivity index (χ0n) is 21.0. The van der Waals surface area contributed by atoms with E-state index in [0.717, 1.165) is 31.8 Å². The van der Waals surface area contributed by atoms with Crippen LogP contribution in [0.25, 0.3) is 0 Å². The Morgan fingerprint density at radius 3 is 1.64 bits per heavy atom. The summed E-state index contributed by atoms with van der Waals surface area (Å²) in [4.78, 5) is 0. The van der Waals surface area contributed by atoms with Gasteiger partial charge in [0.15, 0.2) is 0 Å². The molecule has 36 heavy (non-hydrogen) atoms. The second-order valence-electron chi connectivity index (χ2n) is 9.66. The highest BCUT2D eigenvalue weighted by Crippen LogP contribution is 2.56. The first-order valence-corrected chi connectivity index (χ1v) is 15.3. The van der Waals surface area contributed by atoms with E-state index in [0.29, 0.717) is 33.0 Å². The van der Waals surface area contributed by atoms with Crippen molar-refractivity contribution in [1.82, 2.24) is 0 Å². The first kappa shape index (κ1) is 25.6. The average Bonchev–Trinajstić information content (AvgIpc) is 2.96. The van der Waals surface area contributed by atoms with Crippen LogP contribution in [0.2, 0.25) is 0 Å². The Morgan fingerprint density at radius 2 is 1.11 bits per heavy atom. The smallest absolute Gasteiger partial charge is 0.112 e. The normalized spacial score (nSPS) is 22.8. The zero-order chi connectivity index (χ0) is 24.5. The van der Waals surface area contributed by atoms with E-state index in [4.69, 9.17) is 18.9 Å². The summed E-state index contributed by atoms with van der Waals surface area (Å²) in [6.07, 6.45) is 5.58. The minimum atomic E-state index is -1.78. The monoisotopic (exact) mass is 505 g/mol. The van der Waals surface area contributed by atoms with Crippen molar-refractivity contribution in [2.24, 2.45) is 0 Å². The molecular weight excluding hydrogens is 467 g/mol. The lowest BCUT2D eigenvalue weighted by Crippen LogP contribution is -2.43. The Kier molecular flexibility index (Phi) is 9.19. The van der Waals surface area contributed by atoms with Gasteiger partial charge in [-0.2, -0.15) is 0 Å². The number of hydrogen-bond acceptors (Lipinski definition) is 4. The maximum atomic E-state index is 6.21. The van der Waals surface area contributed by atoms with E-state index in [1.165, 1.54) is 15.9 Å². The average molecular weight is 506 g/mol. The maximum Gasteiger partial charge on any atom is 0.112 e. The quantitative estimate of drug-likeness (QED) is 0.295. The van der Waals surface area contributed by atoms with Gasteiger partial charge in [0.2, 0.25) is 0 Å². The fourth-order valence-corrected chi connectivity index (χ4v) is 10.0. The predicted molar refractivity (Wildman–Crippen MR) is 149 cm³/mol. The van der Waals surface area contributed by atoms with Crippen molar-refractivity contribution in [2.75, 3.05) is 39.2 Å². The number of ether oxygens (including phenoxy) is 4. The minimum Gasteiger partial charge on any atom is -0.376 e. The van der Waals surface area contributed by atoms with Crippen molar-refractivity contribution in [3.05, 3.63) is 91.0 Å². The maximum absolute atomic E-state index is 6.21. The first-order chi connectivity index (χ1) is 17.9.